The molecule has 0 saturated carbocycles. The van der Waals surface area contributed by atoms with Crippen molar-refractivity contribution in [1.29, 1.82) is 0 Å². The van der Waals surface area contributed by atoms with Gasteiger partial charge in [-0.15, -0.1) is 12.4 Å². The van der Waals surface area contributed by atoms with E-state index >= 15 is 0 Å². The van der Waals surface area contributed by atoms with E-state index in [0.717, 1.165) is 25.2 Å². The maximum Gasteiger partial charge on any atom is 0.0953 e. The van der Waals surface area contributed by atoms with Crippen LogP contribution in [0, 0.1) is 0 Å². The highest BCUT2D eigenvalue weighted by atomic mass is 35.5. The van der Waals surface area contributed by atoms with Crippen molar-refractivity contribution >= 4 is 24.0 Å². The molecule has 3 N–H and O–H groups in total. The van der Waals surface area contributed by atoms with Crippen LogP contribution in [-0.4, -0.2) is 35.7 Å². The number of hydrogen-bond acceptors (Lipinski definition) is 3. The van der Waals surface area contributed by atoms with Gasteiger partial charge in [0.25, 0.3) is 0 Å². The molecule has 2 atom stereocenters. The van der Waals surface area contributed by atoms with E-state index in [1.165, 1.54) is 12.8 Å². The van der Waals surface area contributed by atoms with E-state index in [2.05, 4.69) is 4.90 Å². The van der Waals surface area contributed by atoms with Crippen molar-refractivity contribution in [2.24, 2.45) is 5.73 Å². The molecule has 1 aliphatic heterocycles. The summed E-state index contributed by atoms with van der Waals surface area (Å²) in [5.74, 6) is 0. The van der Waals surface area contributed by atoms with Gasteiger partial charge in [-0.3, -0.25) is 0 Å². The number of aliphatic hydroxyl groups excluding tert-OH is 1. The predicted octanol–water partition coefficient (Wildman–Crippen LogP) is 2.22. The van der Waals surface area contributed by atoms with Gasteiger partial charge in [-0.05, 0) is 43.6 Å². The Morgan fingerprint density at radius 1 is 1.22 bits per heavy atom. The summed E-state index contributed by atoms with van der Waals surface area (Å²) in [6.45, 7) is 2.95. The predicted molar refractivity (Wildman–Crippen MR) is 77.3 cm³/mol. The van der Waals surface area contributed by atoms with Crippen molar-refractivity contribution in [2.75, 3.05) is 19.6 Å². The number of halogens is 2. The Hall–Kier alpha value is -0.320. The fraction of sp³-hybridized carbons (Fsp3) is 0.538. The molecule has 2 rings (SSSR count). The van der Waals surface area contributed by atoms with Gasteiger partial charge in [-0.25, -0.2) is 0 Å². The third-order valence-electron chi connectivity index (χ3n) is 3.28. The standard InChI is InChI=1S/C13H19ClN2O.ClH/c14-11-5-3-10(4-6-11)13(17)12(15)9-16-7-1-2-8-16;/h3-6,12-13,17H,1-2,7-9,15H2;1H/t12-,13-;/m0./s1. The zero-order chi connectivity index (χ0) is 12.3. The van der Waals surface area contributed by atoms with E-state index in [1.54, 1.807) is 12.1 Å². The number of hydrogen-bond donors (Lipinski definition) is 2. The molecule has 0 unspecified atom stereocenters. The minimum Gasteiger partial charge on any atom is -0.387 e. The molecule has 5 heteroatoms. The minimum absolute atomic E-state index is 0. The van der Waals surface area contributed by atoms with E-state index in [9.17, 15) is 5.11 Å². The van der Waals surface area contributed by atoms with Crippen molar-refractivity contribution in [1.82, 2.24) is 4.90 Å². The summed E-state index contributed by atoms with van der Waals surface area (Å²) in [4.78, 5) is 2.31. The smallest absolute Gasteiger partial charge is 0.0953 e. The second kappa shape index (κ2) is 7.31. The highest BCUT2D eigenvalue weighted by molar-refractivity contribution is 6.30. The van der Waals surface area contributed by atoms with Crippen molar-refractivity contribution in [2.45, 2.75) is 25.0 Å². The van der Waals surface area contributed by atoms with Crippen molar-refractivity contribution < 1.29 is 5.11 Å². The Bertz CT molecular complexity index is 353. The van der Waals surface area contributed by atoms with Crippen LogP contribution in [0.25, 0.3) is 0 Å². The number of nitrogens with two attached hydrogens (primary N) is 1. The molecular weight excluding hydrogens is 271 g/mol. The molecule has 0 bridgehead atoms. The number of likely N-dealkylation sites (tertiary alicyclic amines) is 1. The lowest BCUT2D eigenvalue weighted by Gasteiger charge is -2.24. The summed E-state index contributed by atoms with van der Waals surface area (Å²) in [5, 5.41) is 10.8. The molecule has 0 radical (unpaired) electrons. The Morgan fingerprint density at radius 2 is 1.78 bits per heavy atom. The lowest BCUT2D eigenvalue weighted by atomic mass is 10.0. The topological polar surface area (TPSA) is 49.5 Å². The van der Waals surface area contributed by atoms with Crippen molar-refractivity contribution in [3.63, 3.8) is 0 Å². The molecule has 18 heavy (non-hydrogen) atoms. The molecule has 1 heterocycles. The zero-order valence-electron chi connectivity index (χ0n) is 10.3. The molecule has 0 spiro atoms. The van der Waals surface area contributed by atoms with Crippen LogP contribution in [0.1, 0.15) is 24.5 Å². The third-order valence-corrected chi connectivity index (χ3v) is 3.54. The van der Waals surface area contributed by atoms with Gasteiger partial charge in [0.15, 0.2) is 0 Å². The summed E-state index contributed by atoms with van der Waals surface area (Å²) in [6.07, 6.45) is 1.86. The molecule has 102 valence electrons. The molecule has 0 aliphatic carbocycles. The van der Waals surface area contributed by atoms with Gasteiger partial charge in [0.1, 0.15) is 0 Å². The van der Waals surface area contributed by atoms with Crippen LogP contribution < -0.4 is 5.73 Å². The summed E-state index contributed by atoms with van der Waals surface area (Å²) < 4.78 is 0. The SMILES string of the molecule is Cl.N[C@@H](CN1CCCC1)[C@@H](O)c1ccc(Cl)cc1. The molecule has 1 saturated heterocycles. The number of aliphatic hydroxyl groups is 1. The van der Waals surface area contributed by atoms with Crippen LogP contribution in [0.2, 0.25) is 5.02 Å². The maximum atomic E-state index is 10.1. The van der Waals surface area contributed by atoms with Crippen LogP contribution in [0.15, 0.2) is 24.3 Å². The fourth-order valence-corrected chi connectivity index (χ4v) is 2.40. The molecule has 0 amide bonds. The number of nitrogens with zero attached hydrogens (tertiary/aromatic N) is 1. The molecule has 0 aromatic heterocycles. The Labute approximate surface area is 119 Å². The van der Waals surface area contributed by atoms with Crippen molar-refractivity contribution in [3.05, 3.63) is 34.9 Å². The quantitative estimate of drug-likeness (QED) is 0.894. The first-order chi connectivity index (χ1) is 8.16. The summed E-state index contributed by atoms with van der Waals surface area (Å²) >= 11 is 5.81. The normalized spacial score (nSPS) is 19.3. The summed E-state index contributed by atoms with van der Waals surface area (Å²) in [5.41, 5.74) is 6.88. The average molecular weight is 291 g/mol. The largest absolute Gasteiger partial charge is 0.387 e. The van der Waals surface area contributed by atoms with E-state index in [1.807, 2.05) is 12.1 Å². The molecule has 1 aromatic carbocycles. The maximum absolute atomic E-state index is 10.1. The van der Waals surface area contributed by atoms with Crippen LogP contribution in [-0.2, 0) is 0 Å². The van der Waals surface area contributed by atoms with E-state index in [0.29, 0.717) is 5.02 Å². The third kappa shape index (κ3) is 4.11. The summed E-state index contributed by atoms with van der Waals surface area (Å²) in [6, 6.07) is 6.98. The summed E-state index contributed by atoms with van der Waals surface area (Å²) in [7, 11) is 0. The van der Waals surface area contributed by atoms with Gasteiger partial charge >= 0.3 is 0 Å². The van der Waals surface area contributed by atoms with Gasteiger partial charge in [0, 0.05) is 17.6 Å². The first-order valence-electron chi connectivity index (χ1n) is 6.08. The van der Waals surface area contributed by atoms with Gasteiger partial charge < -0.3 is 15.7 Å². The van der Waals surface area contributed by atoms with Crippen LogP contribution in [0.4, 0.5) is 0 Å². The second-order valence-electron chi connectivity index (χ2n) is 4.67. The molecule has 3 nitrogen and oxygen atoms in total. The van der Waals surface area contributed by atoms with Gasteiger partial charge in [0.05, 0.1) is 6.10 Å². The molecular formula is C13H20Cl2N2O. The minimum atomic E-state index is -0.618. The Morgan fingerprint density at radius 3 is 2.33 bits per heavy atom. The zero-order valence-corrected chi connectivity index (χ0v) is 11.8. The number of benzene rings is 1. The van der Waals surface area contributed by atoms with E-state index in [-0.39, 0.29) is 18.4 Å². The van der Waals surface area contributed by atoms with Crippen molar-refractivity contribution in [3.8, 4) is 0 Å². The van der Waals surface area contributed by atoms with Gasteiger partial charge in [-0.2, -0.15) is 0 Å². The molecule has 1 fully saturated rings. The highest BCUT2D eigenvalue weighted by Gasteiger charge is 2.21. The fourth-order valence-electron chi connectivity index (χ4n) is 2.27. The Balaban J connectivity index is 0.00000162. The first kappa shape index (κ1) is 15.7. The number of rotatable bonds is 4. The Kier molecular flexibility index (Phi) is 6.39. The second-order valence-corrected chi connectivity index (χ2v) is 5.10. The monoisotopic (exact) mass is 290 g/mol. The lowest BCUT2D eigenvalue weighted by molar-refractivity contribution is 0.125. The first-order valence-corrected chi connectivity index (χ1v) is 6.46. The van der Waals surface area contributed by atoms with Crippen LogP contribution in [0.3, 0.4) is 0 Å². The lowest BCUT2D eigenvalue weighted by Crippen LogP contribution is -2.40. The molecule has 1 aliphatic rings. The van der Waals surface area contributed by atoms with Gasteiger partial charge in [0.2, 0.25) is 0 Å². The average Bonchev–Trinajstić information content (AvgIpc) is 2.82. The van der Waals surface area contributed by atoms with E-state index < -0.39 is 6.10 Å². The van der Waals surface area contributed by atoms with E-state index in [4.69, 9.17) is 17.3 Å². The van der Waals surface area contributed by atoms with Crippen LogP contribution >= 0.6 is 24.0 Å². The van der Waals surface area contributed by atoms with Gasteiger partial charge in [-0.1, -0.05) is 23.7 Å². The van der Waals surface area contributed by atoms with Crippen LogP contribution in [0.5, 0.6) is 0 Å². The highest BCUT2D eigenvalue weighted by Crippen LogP contribution is 2.20. The molecule has 1 aromatic rings.